The Morgan fingerprint density at radius 2 is 1.81 bits per heavy atom. The molecule has 0 saturated heterocycles. The van der Waals surface area contributed by atoms with E-state index in [1.54, 1.807) is 24.3 Å². The maximum absolute atomic E-state index is 12.5. The third kappa shape index (κ3) is 4.31. The minimum atomic E-state index is -3.48. The molecule has 0 atom stereocenters. The fourth-order valence-electron chi connectivity index (χ4n) is 2.69. The summed E-state index contributed by atoms with van der Waals surface area (Å²) in [5.41, 5.74) is 5.76. The standard InChI is InChI=1S/C16H22N2O2S/c1-16(11-3-2-4-12-16)18-21(19,20)15-9-7-14(8-10-15)6-5-13-17/h7-10,18H,2-4,11-13,17H2,1H3. The van der Waals surface area contributed by atoms with Crippen molar-refractivity contribution in [2.24, 2.45) is 5.73 Å². The van der Waals surface area contributed by atoms with Crippen LogP contribution in [0.3, 0.4) is 0 Å². The first-order valence-electron chi connectivity index (χ1n) is 7.28. The van der Waals surface area contributed by atoms with Crippen molar-refractivity contribution < 1.29 is 8.42 Å². The molecule has 0 bridgehead atoms. The fourth-order valence-corrected chi connectivity index (χ4v) is 4.15. The van der Waals surface area contributed by atoms with Crippen molar-refractivity contribution in [3.8, 4) is 11.8 Å². The van der Waals surface area contributed by atoms with E-state index in [1.165, 1.54) is 6.42 Å². The Kier molecular flexibility index (Phi) is 5.04. The van der Waals surface area contributed by atoms with E-state index < -0.39 is 10.0 Å². The quantitative estimate of drug-likeness (QED) is 0.839. The monoisotopic (exact) mass is 306 g/mol. The van der Waals surface area contributed by atoms with Crippen LogP contribution in [0.4, 0.5) is 0 Å². The van der Waals surface area contributed by atoms with E-state index in [9.17, 15) is 8.42 Å². The zero-order chi connectivity index (χ0) is 15.3. The molecule has 1 saturated carbocycles. The third-order valence-electron chi connectivity index (χ3n) is 3.84. The molecule has 0 aliphatic heterocycles. The molecule has 4 nitrogen and oxygen atoms in total. The molecule has 2 rings (SSSR count). The number of nitrogens with two attached hydrogens (primary N) is 1. The van der Waals surface area contributed by atoms with Gasteiger partial charge in [-0.05, 0) is 44.0 Å². The Hall–Kier alpha value is -1.35. The highest BCUT2D eigenvalue weighted by atomic mass is 32.2. The van der Waals surface area contributed by atoms with Crippen molar-refractivity contribution >= 4 is 10.0 Å². The topological polar surface area (TPSA) is 72.2 Å². The molecular weight excluding hydrogens is 284 g/mol. The highest BCUT2D eigenvalue weighted by molar-refractivity contribution is 7.89. The molecule has 0 radical (unpaired) electrons. The lowest BCUT2D eigenvalue weighted by Crippen LogP contribution is -2.47. The second-order valence-electron chi connectivity index (χ2n) is 5.76. The lowest BCUT2D eigenvalue weighted by Gasteiger charge is -2.34. The summed E-state index contributed by atoms with van der Waals surface area (Å²) in [5.74, 6) is 5.63. The van der Waals surface area contributed by atoms with E-state index in [1.807, 2.05) is 6.92 Å². The number of sulfonamides is 1. The second kappa shape index (κ2) is 6.61. The molecule has 1 aliphatic carbocycles. The number of nitrogens with one attached hydrogen (secondary N) is 1. The number of benzene rings is 1. The molecule has 0 amide bonds. The summed E-state index contributed by atoms with van der Waals surface area (Å²) in [6.07, 6.45) is 5.13. The van der Waals surface area contributed by atoms with Crippen LogP contribution >= 0.6 is 0 Å². The molecule has 0 heterocycles. The average molecular weight is 306 g/mol. The average Bonchev–Trinajstić information content (AvgIpc) is 2.45. The van der Waals surface area contributed by atoms with Crippen molar-refractivity contribution in [1.82, 2.24) is 4.72 Å². The van der Waals surface area contributed by atoms with Gasteiger partial charge in [0.1, 0.15) is 0 Å². The van der Waals surface area contributed by atoms with Gasteiger partial charge < -0.3 is 5.73 Å². The van der Waals surface area contributed by atoms with E-state index >= 15 is 0 Å². The summed E-state index contributed by atoms with van der Waals surface area (Å²) in [7, 11) is -3.48. The Balaban J connectivity index is 2.15. The van der Waals surface area contributed by atoms with E-state index in [2.05, 4.69) is 16.6 Å². The summed E-state index contributed by atoms with van der Waals surface area (Å²) >= 11 is 0. The van der Waals surface area contributed by atoms with Crippen molar-refractivity contribution in [2.75, 3.05) is 6.54 Å². The van der Waals surface area contributed by atoms with Gasteiger partial charge >= 0.3 is 0 Å². The Bertz CT molecular complexity index is 633. The van der Waals surface area contributed by atoms with Gasteiger partial charge in [-0.15, -0.1) is 0 Å². The molecule has 0 spiro atoms. The van der Waals surface area contributed by atoms with Gasteiger partial charge in [0.15, 0.2) is 0 Å². The van der Waals surface area contributed by atoms with Crippen LogP contribution in [0, 0.1) is 11.8 Å². The van der Waals surface area contributed by atoms with Crippen LogP contribution in [0.2, 0.25) is 0 Å². The van der Waals surface area contributed by atoms with Gasteiger partial charge in [0, 0.05) is 11.1 Å². The molecule has 1 aliphatic rings. The van der Waals surface area contributed by atoms with Gasteiger partial charge in [-0.1, -0.05) is 31.1 Å². The van der Waals surface area contributed by atoms with Crippen LogP contribution < -0.4 is 10.5 Å². The van der Waals surface area contributed by atoms with Crippen molar-refractivity contribution in [2.45, 2.75) is 49.5 Å². The van der Waals surface area contributed by atoms with Gasteiger partial charge in [0.05, 0.1) is 11.4 Å². The van der Waals surface area contributed by atoms with Gasteiger partial charge in [-0.25, -0.2) is 13.1 Å². The largest absolute Gasteiger partial charge is 0.320 e. The Morgan fingerprint density at radius 3 is 2.38 bits per heavy atom. The first kappa shape index (κ1) is 16.0. The molecule has 3 N–H and O–H groups in total. The Labute approximate surface area is 127 Å². The molecule has 0 unspecified atom stereocenters. The van der Waals surface area contributed by atoms with Crippen molar-refractivity contribution in [3.63, 3.8) is 0 Å². The van der Waals surface area contributed by atoms with Crippen LogP contribution in [0.15, 0.2) is 29.2 Å². The highest BCUT2D eigenvalue weighted by Gasteiger charge is 2.31. The van der Waals surface area contributed by atoms with Crippen LogP contribution in [0.1, 0.15) is 44.6 Å². The van der Waals surface area contributed by atoms with Crippen molar-refractivity contribution in [1.29, 1.82) is 0 Å². The zero-order valence-corrected chi connectivity index (χ0v) is 13.2. The molecule has 1 aromatic carbocycles. The maximum atomic E-state index is 12.5. The fraction of sp³-hybridized carbons (Fsp3) is 0.500. The smallest absolute Gasteiger partial charge is 0.241 e. The predicted octanol–water partition coefficient (Wildman–Crippen LogP) is 2.00. The lowest BCUT2D eigenvalue weighted by atomic mass is 9.84. The minimum Gasteiger partial charge on any atom is -0.320 e. The van der Waals surface area contributed by atoms with Crippen LogP contribution in [0.5, 0.6) is 0 Å². The van der Waals surface area contributed by atoms with Crippen LogP contribution in [-0.4, -0.2) is 20.5 Å². The number of hydrogen-bond donors (Lipinski definition) is 2. The molecule has 5 heteroatoms. The van der Waals surface area contributed by atoms with E-state index in [0.717, 1.165) is 31.2 Å². The summed E-state index contributed by atoms with van der Waals surface area (Å²) < 4.78 is 27.8. The molecule has 21 heavy (non-hydrogen) atoms. The molecule has 1 aromatic rings. The second-order valence-corrected chi connectivity index (χ2v) is 7.44. The summed E-state index contributed by atoms with van der Waals surface area (Å²) in [5, 5.41) is 0. The van der Waals surface area contributed by atoms with Gasteiger partial charge in [-0.2, -0.15) is 0 Å². The zero-order valence-electron chi connectivity index (χ0n) is 12.4. The molecule has 0 aromatic heterocycles. The maximum Gasteiger partial charge on any atom is 0.241 e. The van der Waals surface area contributed by atoms with Crippen molar-refractivity contribution in [3.05, 3.63) is 29.8 Å². The van der Waals surface area contributed by atoms with E-state index in [4.69, 9.17) is 5.73 Å². The predicted molar refractivity (Wildman–Crippen MR) is 84.2 cm³/mol. The SMILES string of the molecule is CC1(NS(=O)(=O)c2ccc(C#CCN)cc2)CCCCC1. The van der Waals surface area contributed by atoms with E-state index in [0.29, 0.717) is 6.54 Å². The normalized spacial score (nSPS) is 17.8. The van der Waals surface area contributed by atoms with Gasteiger partial charge in [-0.3, -0.25) is 0 Å². The number of hydrogen-bond acceptors (Lipinski definition) is 3. The van der Waals surface area contributed by atoms with Crippen LogP contribution in [-0.2, 0) is 10.0 Å². The summed E-state index contributed by atoms with van der Waals surface area (Å²) in [4.78, 5) is 0.285. The number of rotatable bonds is 3. The van der Waals surface area contributed by atoms with Gasteiger partial charge in [0.25, 0.3) is 0 Å². The lowest BCUT2D eigenvalue weighted by molar-refractivity contribution is 0.294. The summed E-state index contributed by atoms with van der Waals surface area (Å²) in [6.45, 7) is 2.28. The molecular formula is C16H22N2O2S. The first-order valence-corrected chi connectivity index (χ1v) is 8.77. The Morgan fingerprint density at radius 1 is 1.19 bits per heavy atom. The summed E-state index contributed by atoms with van der Waals surface area (Å²) in [6, 6.07) is 6.60. The molecule has 114 valence electrons. The minimum absolute atomic E-state index is 0.285. The third-order valence-corrected chi connectivity index (χ3v) is 5.49. The van der Waals surface area contributed by atoms with Crippen LogP contribution in [0.25, 0.3) is 0 Å². The van der Waals surface area contributed by atoms with E-state index in [-0.39, 0.29) is 10.4 Å². The van der Waals surface area contributed by atoms with Gasteiger partial charge in [0.2, 0.25) is 10.0 Å². The highest BCUT2D eigenvalue weighted by Crippen LogP contribution is 2.29. The molecule has 1 fully saturated rings. The first-order chi connectivity index (χ1) is 9.95.